The molecular weight excluding hydrogens is 346 g/mol. The van der Waals surface area contributed by atoms with Crippen LogP contribution in [-0.2, 0) is 14.3 Å². The zero-order chi connectivity index (χ0) is 19.4. The molecule has 25 heavy (non-hydrogen) atoms. The Balaban J connectivity index is 0.000000705. The molecular formula is C15H21N5O4S. The van der Waals surface area contributed by atoms with Crippen LogP contribution in [0.2, 0.25) is 0 Å². The molecule has 0 spiro atoms. The summed E-state index contributed by atoms with van der Waals surface area (Å²) in [7, 11) is -3.85. The fraction of sp³-hybridized carbons (Fsp3) is 0.267. The third kappa shape index (κ3) is 6.63. The van der Waals surface area contributed by atoms with Gasteiger partial charge >= 0.3 is 16.1 Å². The average molecular weight is 367 g/mol. The largest absolute Gasteiger partial charge is 0.372 e. The molecule has 9 nitrogen and oxygen atoms in total. The number of nitrogens with one attached hydrogen (secondary N) is 2. The van der Waals surface area contributed by atoms with Crippen LogP contribution in [0, 0.1) is 26.2 Å². The molecule has 0 fully saturated rings. The molecule has 1 aromatic carbocycles. The Labute approximate surface area is 146 Å². The van der Waals surface area contributed by atoms with Gasteiger partial charge in [0, 0.05) is 5.56 Å². The lowest BCUT2D eigenvalue weighted by Crippen LogP contribution is -2.20. The van der Waals surface area contributed by atoms with Gasteiger partial charge in [-0.2, -0.15) is 8.42 Å². The van der Waals surface area contributed by atoms with Crippen molar-refractivity contribution >= 4 is 22.0 Å². The van der Waals surface area contributed by atoms with E-state index in [9.17, 15) is 13.2 Å². The van der Waals surface area contributed by atoms with E-state index in [0.29, 0.717) is 11.5 Å². The summed E-state index contributed by atoms with van der Waals surface area (Å²) in [4.78, 5) is 18.9. The minimum absolute atomic E-state index is 0.0367. The van der Waals surface area contributed by atoms with Crippen LogP contribution in [-0.4, -0.2) is 36.6 Å². The van der Waals surface area contributed by atoms with Crippen molar-refractivity contribution in [2.75, 3.05) is 6.26 Å². The maximum atomic E-state index is 11.8. The highest BCUT2D eigenvalue weighted by molar-refractivity contribution is 7.86. The second kappa shape index (κ2) is 7.79. The van der Waals surface area contributed by atoms with Gasteiger partial charge in [-0.25, -0.2) is 9.78 Å². The highest BCUT2D eigenvalue weighted by atomic mass is 32.2. The van der Waals surface area contributed by atoms with Crippen molar-refractivity contribution in [2.24, 2.45) is 11.5 Å². The molecule has 10 heteroatoms. The molecule has 0 atom stereocenters. The van der Waals surface area contributed by atoms with E-state index < -0.39 is 16.1 Å². The van der Waals surface area contributed by atoms with Crippen LogP contribution >= 0.6 is 0 Å². The Morgan fingerprint density at radius 1 is 1.16 bits per heavy atom. The number of aryl methyl sites for hydroxylation is 3. The van der Waals surface area contributed by atoms with E-state index in [0.717, 1.165) is 22.9 Å². The number of hydrogen-bond donors (Lipinski definition) is 4. The van der Waals surface area contributed by atoms with E-state index >= 15 is 0 Å². The standard InChI is InChI=1S/C14H16N2O4S.CH5N3/c1-8-5-9(2)7-11(6-8)13-15-10(3)12(16-13)14(17)20-21(4,18)19;2-1(3)4/h5-7H,1-4H3,(H,15,16);(H5,2,3,4). The predicted molar refractivity (Wildman–Crippen MR) is 94.6 cm³/mol. The highest BCUT2D eigenvalue weighted by Gasteiger charge is 2.20. The summed E-state index contributed by atoms with van der Waals surface area (Å²) in [6.45, 7) is 5.54. The van der Waals surface area contributed by atoms with Crippen molar-refractivity contribution < 1.29 is 17.4 Å². The number of aromatic amines is 1. The first-order chi connectivity index (χ1) is 11.4. The van der Waals surface area contributed by atoms with Crippen LogP contribution < -0.4 is 11.5 Å². The van der Waals surface area contributed by atoms with Crippen LogP contribution in [0.15, 0.2) is 18.2 Å². The molecule has 0 amide bonds. The van der Waals surface area contributed by atoms with Crippen molar-refractivity contribution in [3.8, 4) is 11.4 Å². The van der Waals surface area contributed by atoms with Gasteiger partial charge in [-0.3, -0.25) is 5.41 Å². The summed E-state index contributed by atoms with van der Waals surface area (Å²) in [5.74, 6) is -0.794. The van der Waals surface area contributed by atoms with Gasteiger partial charge in [-0.05, 0) is 32.9 Å². The molecule has 1 aromatic heterocycles. The quantitative estimate of drug-likeness (QED) is 0.356. The number of imidazole rings is 1. The monoisotopic (exact) mass is 367 g/mol. The zero-order valence-electron chi connectivity index (χ0n) is 14.4. The number of carbonyl (C=O) groups excluding carboxylic acids is 1. The second-order valence-corrected chi connectivity index (χ2v) is 7.03. The first kappa shape index (κ1) is 20.2. The smallest absolute Gasteiger partial charge is 0.370 e. The summed E-state index contributed by atoms with van der Waals surface area (Å²) in [6.07, 6.45) is 0.821. The Morgan fingerprint density at radius 3 is 2.08 bits per heavy atom. The maximum absolute atomic E-state index is 11.8. The second-order valence-electron chi connectivity index (χ2n) is 5.45. The van der Waals surface area contributed by atoms with Crippen molar-refractivity contribution in [1.82, 2.24) is 9.97 Å². The van der Waals surface area contributed by atoms with Crippen LogP contribution in [0.4, 0.5) is 0 Å². The van der Waals surface area contributed by atoms with Gasteiger partial charge in [0.15, 0.2) is 5.96 Å². The third-order valence-electron chi connectivity index (χ3n) is 2.81. The Hall–Kier alpha value is -2.88. The molecule has 136 valence electrons. The van der Waals surface area contributed by atoms with Gasteiger partial charge in [0.25, 0.3) is 0 Å². The fourth-order valence-corrected chi connectivity index (χ4v) is 2.44. The van der Waals surface area contributed by atoms with Gasteiger partial charge in [-0.1, -0.05) is 17.2 Å². The Morgan fingerprint density at radius 2 is 1.64 bits per heavy atom. The number of H-pyrrole nitrogens is 1. The normalized spacial score (nSPS) is 10.6. The molecule has 0 aliphatic rings. The molecule has 6 N–H and O–H groups in total. The molecule has 0 bridgehead atoms. The Kier molecular flexibility index (Phi) is 6.29. The van der Waals surface area contributed by atoms with Gasteiger partial charge in [0.1, 0.15) is 11.5 Å². The first-order valence-electron chi connectivity index (χ1n) is 7.07. The molecule has 2 aromatic rings. The van der Waals surface area contributed by atoms with E-state index in [1.807, 2.05) is 32.0 Å². The summed E-state index contributed by atoms with van der Waals surface area (Å²) >= 11 is 0. The van der Waals surface area contributed by atoms with E-state index in [-0.39, 0.29) is 11.7 Å². The molecule has 0 saturated carbocycles. The molecule has 0 aliphatic heterocycles. The number of hydrogen-bond acceptors (Lipinski definition) is 6. The first-order valence-corrected chi connectivity index (χ1v) is 8.89. The third-order valence-corrected chi connectivity index (χ3v) is 3.27. The molecule has 1 heterocycles. The number of benzene rings is 1. The summed E-state index contributed by atoms with van der Waals surface area (Å²) in [6, 6.07) is 5.88. The summed E-state index contributed by atoms with van der Waals surface area (Å²) in [5.41, 5.74) is 12.3. The van der Waals surface area contributed by atoms with Gasteiger partial charge < -0.3 is 20.6 Å². The SMILES string of the molecule is Cc1cc(C)cc(-c2nc(C)c(C(=O)OS(C)(=O)=O)[nH]2)c1.N=C(N)N. The van der Waals surface area contributed by atoms with Gasteiger partial charge in [0.2, 0.25) is 0 Å². The lowest BCUT2D eigenvalue weighted by atomic mass is 10.1. The molecule has 0 aliphatic carbocycles. The number of rotatable bonds is 3. The van der Waals surface area contributed by atoms with E-state index in [2.05, 4.69) is 25.6 Å². The van der Waals surface area contributed by atoms with E-state index in [1.54, 1.807) is 6.92 Å². The lowest BCUT2D eigenvalue weighted by Gasteiger charge is -2.02. The van der Waals surface area contributed by atoms with Gasteiger partial charge in [-0.15, -0.1) is 0 Å². The number of carbonyl (C=O) groups is 1. The minimum atomic E-state index is -3.85. The van der Waals surface area contributed by atoms with Crippen molar-refractivity contribution in [3.05, 3.63) is 40.7 Å². The van der Waals surface area contributed by atoms with Gasteiger partial charge in [0.05, 0.1) is 11.9 Å². The lowest BCUT2D eigenvalue weighted by molar-refractivity contribution is 0.0742. The maximum Gasteiger partial charge on any atom is 0.372 e. The average Bonchev–Trinajstić information content (AvgIpc) is 2.77. The topological polar surface area (TPSA) is 165 Å². The van der Waals surface area contributed by atoms with Crippen LogP contribution in [0.25, 0.3) is 11.4 Å². The highest BCUT2D eigenvalue weighted by Crippen LogP contribution is 2.21. The van der Waals surface area contributed by atoms with Crippen molar-refractivity contribution in [3.63, 3.8) is 0 Å². The van der Waals surface area contributed by atoms with Crippen molar-refractivity contribution in [1.29, 1.82) is 5.41 Å². The van der Waals surface area contributed by atoms with Crippen LogP contribution in [0.5, 0.6) is 0 Å². The van der Waals surface area contributed by atoms with E-state index in [4.69, 9.17) is 5.41 Å². The molecule has 0 radical (unpaired) electrons. The molecule has 2 rings (SSSR count). The summed E-state index contributed by atoms with van der Waals surface area (Å²) in [5, 5.41) is 6.06. The number of aromatic nitrogens is 2. The fourth-order valence-electron chi connectivity index (χ4n) is 2.09. The number of guanidine groups is 1. The molecule has 0 saturated heterocycles. The van der Waals surface area contributed by atoms with Crippen LogP contribution in [0.3, 0.4) is 0 Å². The number of nitrogens with two attached hydrogens (primary N) is 2. The molecule has 0 unspecified atom stereocenters. The zero-order valence-corrected chi connectivity index (χ0v) is 15.2. The van der Waals surface area contributed by atoms with E-state index in [1.165, 1.54) is 0 Å². The minimum Gasteiger partial charge on any atom is -0.370 e. The summed E-state index contributed by atoms with van der Waals surface area (Å²) < 4.78 is 26.4. The number of nitrogens with zero attached hydrogens (tertiary/aromatic N) is 1. The van der Waals surface area contributed by atoms with Crippen molar-refractivity contribution in [2.45, 2.75) is 20.8 Å². The Bertz CT molecular complexity index is 878. The van der Waals surface area contributed by atoms with Crippen LogP contribution in [0.1, 0.15) is 27.3 Å². The predicted octanol–water partition coefficient (Wildman–Crippen LogP) is 0.957.